The zero-order chi connectivity index (χ0) is 21.4. The molecule has 2 saturated heterocycles. The van der Waals surface area contributed by atoms with Gasteiger partial charge in [-0.25, -0.2) is 18.9 Å². The first kappa shape index (κ1) is 18.9. The summed E-state index contributed by atoms with van der Waals surface area (Å²) in [5.41, 5.74) is 1.04. The van der Waals surface area contributed by atoms with Gasteiger partial charge < -0.3 is 14.5 Å². The molecular formula is C24H28FN5O2. The van der Waals surface area contributed by atoms with E-state index in [4.69, 9.17) is 4.74 Å². The first-order valence-corrected chi connectivity index (χ1v) is 12.0. The highest BCUT2D eigenvalue weighted by molar-refractivity contribution is 5.76. The molecule has 1 aromatic carbocycles. The molecule has 7 nitrogen and oxygen atoms in total. The number of benzene rings is 1. The second kappa shape index (κ2) is 6.68. The minimum atomic E-state index is -0.222. The summed E-state index contributed by atoms with van der Waals surface area (Å²) in [7, 11) is 0. The van der Waals surface area contributed by atoms with Crippen molar-refractivity contribution in [1.82, 2.24) is 24.6 Å². The van der Waals surface area contributed by atoms with Crippen molar-refractivity contribution in [2.24, 2.45) is 5.41 Å². The number of amides is 2. The summed E-state index contributed by atoms with van der Waals surface area (Å²) in [6.07, 6.45) is 8.48. The summed E-state index contributed by atoms with van der Waals surface area (Å²) >= 11 is 0. The molecule has 0 radical (unpaired) electrons. The summed E-state index contributed by atoms with van der Waals surface area (Å²) in [5, 5.41) is 4.67. The lowest BCUT2D eigenvalue weighted by atomic mass is 9.61. The van der Waals surface area contributed by atoms with Crippen LogP contribution in [0.1, 0.15) is 67.8 Å². The zero-order valence-corrected chi connectivity index (χ0v) is 18.1. The highest BCUT2D eigenvalue weighted by Crippen LogP contribution is 2.54. The van der Waals surface area contributed by atoms with Crippen LogP contribution in [0.25, 0.3) is 0 Å². The molecule has 0 N–H and O–H groups in total. The van der Waals surface area contributed by atoms with Crippen molar-refractivity contribution >= 4 is 6.03 Å². The average Bonchev–Trinajstić information content (AvgIpc) is 3.62. The third kappa shape index (κ3) is 3.10. The fourth-order valence-corrected chi connectivity index (χ4v) is 5.65. The van der Waals surface area contributed by atoms with Crippen molar-refractivity contribution in [2.75, 3.05) is 26.2 Å². The molecule has 3 heterocycles. The number of urea groups is 1. The number of halogens is 1. The Morgan fingerprint density at radius 3 is 2.53 bits per heavy atom. The van der Waals surface area contributed by atoms with Crippen molar-refractivity contribution in [2.45, 2.75) is 62.5 Å². The summed E-state index contributed by atoms with van der Waals surface area (Å²) in [5.74, 6) is 2.05. The summed E-state index contributed by atoms with van der Waals surface area (Å²) in [6, 6.07) is 5.93. The van der Waals surface area contributed by atoms with E-state index in [1.807, 2.05) is 32.9 Å². The predicted octanol–water partition coefficient (Wildman–Crippen LogP) is 3.69. The number of ether oxygens (including phenoxy) is 1. The molecular weight excluding hydrogens is 409 g/mol. The quantitative estimate of drug-likeness (QED) is 0.716. The van der Waals surface area contributed by atoms with Crippen LogP contribution in [0, 0.1) is 11.2 Å². The fraction of sp³-hybridized carbons (Fsp3) is 0.625. The first-order chi connectivity index (χ1) is 15.6. The second-order valence-corrected chi connectivity index (χ2v) is 10.6. The van der Waals surface area contributed by atoms with Gasteiger partial charge in [0.15, 0.2) is 17.4 Å². The standard InChI is InChI=1S/C24H28FN5O2/c25-21-19(15-4-5-15)2-1-3-20(21)32-18-10-28(11-18)23(31)29-12-24(13-29)8-17(9-24)30-14-26-22(27-30)16-6-7-16/h1-3,14-18H,4-13H2. The number of carbonyl (C=O) groups is 1. The minimum absolute atomic E-state index is 0.0860. The molecule has 1 spiro atoms. The smallest absolute Gasteiger partial charge is 0.320 e. The monoisotopic (exact) mass is 437 g/mol. The Bertz CT molecular complexity index is 1060. The lowest BCUT2D eigenvalue weighted by Crippen LogP contribution is -2.69. The van der Waals surface area contributed by atoms with Gasteiger partial charge in [0.05, 0.1) is 19.1 Å². The third-order valence-electron chi connectivity index (χ3n) is 7.93. The maximum Gasteiger partial charge on any atom is 0.320 e. The van der Waals surface area contributed by atoms with E-state index in [0.717, 1.165) is 50.2 Å². The maximum atomic E-state index is 14.6. The summed E-state index contributed by atoms with van der Waals surface area (Å²) in [6.45, 7) is 2.71. The van der Waals surface area contributed by atoms with E-state index >= 15 is 0 Å². The average molecular weight is 438 g/mol. The molecule has 2 aromatic rings. The van der Waals surface area contributed by atoms with E-state index < -0.39 is 0 Å². The second-order valence-electron chi connectivity index (χ2n) is 10.6. The van der Waals surface area contributed by atoms with Crippen molar-refractivity contribution < 1.29 is 13.9 Å². The van der Waals surface area contributed by atoms with E-state index in [9.17, 15) is 9.18 Å². The molecule has 8 heteroatoms. The van der Waals surface area contributed by atoms with Crippen LogP contribution < -0.4 is 4.74 Å². The van der Waals surface area contributed by atoms with Gasteiger partial charge in [-0.15, -0.1) is 0 Å². The Morgan fingerprint density at radius 2 is 1.81 bits per heavy atom. The normalized spacial score (nSPS) is 24.8. The molecule has 168 valence electrons. The van der Waals surface area contributed by atoms with Crippen LogP contribution in [0.3, 0.4) is 0 Å². The van der Waals surface area contributed by atoms with Gasteiger partial charge in [-0.1, -0.05) is 12.1 Å². The SMILES string of the molecule is O=C(N1CC(Oc2cccc(C3CC3)c2F)C1)N1CC2(CC(n3cnc(C4CC4)n3)C2)C1. The molecule has 0 bridgehead atoms. The van der Waals surface area contributed by atoms with Crippen LogP contribution >= 0.6 is 0 Å². The number of likely N-dealkylation sites (tertiary alicyclic amines) is 2. The van der Waals surface area contributed by atoms with Gasteiger partial charge in [-0.2, -0.15) is 5.10 Å². The highest BCUT2D eigenvalue weighted by atomic mass is 19.1. The van der Waals surface area contributed by atoms with Crippen LogP contribution in [0.4, 0.5) is 9.18 Å². The maximum absolute atomic E-state index is 14.6. The summed E-state index contributed by atoms with van der Waals surface area (Å²) < 4.78 is 22.5. The van der Waals surface area contributed by atoms with Gasteiger partial charge >= 0.3 is 6.03 Å². The first-order valence-electron chi connectivity index (χ1n) is 12.0. The molecule has 0 unspecified atom stereocenters. The summed E-state index contributed by atoms with van der Waals surface area (Å²) in [4.78, 5) is 21.0. The lowest BCUT2D eigenvalue weighted by Gasteiger charge is -2.59. The van der Waals surface area contributed by atoms with Gasteiger partial charge in [0.2, 0.25) is 0 Å². The number of hydrogen-bond acceptors (Lipinski definition) is 4. The predicted molar refractivity (Wildman–Crippen MR) is 114 cm³/mol. The largest absolute Gasteiger partial charge is 0.484 e. The van der Waals surface area contributed by atoms with Crippen LogP contribution in [-0.4, -0.2) is 62.9 Å². The molecule has 2 amide bonds. The van der Waals surface area contributed by atoms with Gasteiger partial charge in [0.25, 0.3) is 0 Å². The number of carbonyl (C=O) groups excluding carboxylic acids is 1. The number of nitrogens with zero attached hydrogens (tertiary/aromatic N) is 5. The van der Waals surface area contributed by atoms with Crippen LogP contribution in [0.5, 0.6) is 5.75 Å². The van der Waals surface area contributed by atoms with E-state index in [2.05, 4.69) is 10.1 Å². The van der Waals surface area contributed by atoms with Crippen molar-refractivity contribution in [3.8, 4) is 5.75 Å². The fourth-order valence-electron chi connectivity index (χ4n) is 5.65. The number of hydrogen-bond donors (Lipinski definition) is 0. The molecule has 3 saturated carbocycles. The lowest BCUT2D eigenvalue weighted by molar-refractivity contribution is -0.0818. The Kier molecular flexibility index (Phi) is 3.94. The van der Waals surface area contributed by atoms with Crippen molar-refractivity contribution in [1.29, 1.82) is 0 Å². The molecule has 32 heavy (non-hydrogen) atoms. The van der Waals surface area contributed by atoms with Crippen LogP contribution in [0.15, 0.2) is 24.5 Å². The van der Waals surface area contributed by atoms with Gasteiger partial charge in [0.1, 0.15) is 12.4 Å². The minimum Gasteiger partial charge on any atom is -0.484 e. The van der Waals surface area contributed by atoms with Crippen molar-refractivity contribution in [3.63, 3.8) is 0 Å². The van der Waals surface area contributed by atoms with Crippen molar-refractivity contribution in [3.05, 3.63) is 41.7 Å². The molecule has 5 aliphatic rings. The Hall–Kier alpha value is -2.64. The van der Waals surface area contributed by atoms with Gasteiger partial charge in [-0.05, 0) is 56.1 Å². The van der Waals surface area contributed by atoms with Gasteiger partial charge in [0, 0.05) is 24.4 Å². The molecule has 7 rings (SSSR count). The zero-order valence-electron chi connectivity index (χ0n) is 18.1. The highest BCUT2D eigenvalue weighted by Gasteiger charge is 2.55. The van der Waals surface area contributed by atoms with E-state index in [0.29, 0.717) is 36.7 Å². The number of rotatable bonds is 5. The van der Waals surface area contributed by atoms with Crippen LogP contribution in [-0.2, 0) is 0 Å². The molecule has 2 aliphatic heterocycles. The van der Waals surface area contributed by atoms with E-state index in [-0.39, 0.29) is 23.4 Å². The topological polar surface area (TPSA) is 63.5 Å². The molecule has 1 aromatic heterocycles. The Morgan fingerprint density at radius 1 is 1.06 bits per heavy atom. The molecule has 3 aliphatic carbocycles. The Labute approximate surface area is 186 Å². The molecule has 0 atom stereocenters. The number of aromatic nitrogens is 3. The van der Waals surface area contributed by atoms with E-state index in [1.54, 1.807) is 6.07 Å². The van der Waals surface area contributed by atoms with Gasteiger partial charge in [-0.3, -0.25) is 0 Å². The Balaban J connectivity index is 0.883. The molecule has 5 fully saturated rings. The third-order valence-corrected chi connectivity index (χ3v) is 7.93. The van der Waals surface area contributed by atoms with E-state index in [1.165, 1.54) is 12.8 Å². The van der Waals surface area contributed by atoms with Crippen LogP contribution in [0.2, 0.25) is 0 Å².